The number of amides is 1. The van der Waals surface area contributed by atoms with E-state index < -0.39 is 52.7 Å². The van der Waals surface area contributed by atoms with Gasteiger partial charge in [-0.2, -0.15) is 18.4 Å². The van der Waals surface area contributed by atoms with Gasteiger partial charge in [0.15, 0.2) is 0 Å². The normalized spacial score (nSPS) is 11.6. The number of rotatable bonds is 7. The average molecular weight is 626 g/mol. The number of hydrogen-bond donors (Lipinski definition) is 1. The van der Waals surface area contributed by atoms with E-state index in [1.807, 2.05) is 0 Å². The summed E-state index contributed by atoms with van der Waals surface area (Å²) in [5.41, 5.74) is -3.99. The van der Waals surface area contributed by atoms with Crippen molar-refractivity contribution in [1.82, 2.24) is 4.57 Å². The lowest BCUT2D eigenvalue weighted by Gasteiger charge is -2.34. The molecule has 4 aromatic rings. The molecule has 0 fully saturated rings. The van der Waals surface area contributed by atoms with Crippen molar-refractivity contribution in [1.29, 1.82) is 5.26 Å². The van der Waals surface area contributed by atoms with Crippen molar-refractivity contribution in [3.63, 3.8) is 0 Å². The zero-order chi connectivity index (χ0) is 33.3. The molecule has 0 aliphatic rings. The van der Waals surface area contributed by atoms with Gasteiger partial charge in [-0.1, -0.05) is 30.3 Å². The van der Waals surface area contributed by atoms with Crippen molar-refractivity contribution >= 4 is 11.8 Å². The summed E-state index contributed by atoms with van der Waals surface area (Å²) >= 11 is 0. The summed E-state index contributed by atoms with van der Waals surface area (Å²) in [6.07, 6.45) is -6.29. The fourth-order valence-electron chi connectivity index (χ4n) is 4.95. The van der Waals surface area contributed by atoms with Gasteiger partial charge in [-0.15, -0.1) is 0 Å². The van der Waals surface area contributed by atoms with E-state index in [2.05, 4.69) is 0 Å². The maximum absolute atomic E-state index is 14.6. The van der Waals surface area contributed by atoms with Crippen LogP contribution in [0.5, 0.6) is 5.75 Å². The van der Waals surface area contributed by atoms with E-state index >= 15 is 0 Å². The van der Waals surface area contributed by atoms with Crippen LogP contribution in [0.3, 0.4) is 0 Å². The van der Waals surface area contributed by atoms with Gasteiger partial charge in [-0.25, -0.2) is 13.6 Å². The number of aromatic nitrogens is 1. The van der Waals surface area contributed by atoms with Crippen LogP contribution in [-0.4, -0.2) is 27.9 Å². The molecule has 1 aromatic heterocycles. The summed E-state index contributed by atoms with van der Waals surface area (Å²) in [6.45, 7) is 6.52. The van der Waals surface area contributed by atoms with Crippen LogP contribution in [0.15, 0.2) is 71.5 Å². The summed E-state index contributed by atoms with van der Waals surface area (Å²) < 4.78 is 76.8. The van der Waals surface area contributed by atoms with Gasteiger partial charge in [0, 0.05) is 17.2 Å². The first-order valence-corrected chi connectivity index (χ1v) is 13.7. The van der Waals surface area contributed by atoms with E-state index in [4.69, 9.17) is 4.74 Å². The number of halogens is 5. The number of anilines is 1. The van der Waals surface area contributed by atoms with Gasteiger partial charge in [0.2, 0.25) is 0 Å². The van der Waals surface area contributed by atoms with Crippen LogP contribution in [0, 0.1) is 23.0 Å². The van der Waals surface area contributed by atoms with Crippen LogP contribution in [0.4, 0.5) is 32.4 Å². The molecule has 0 aliphatic heterocycles. The summed E-state index contributed by atoms with van der Waals surface area (Å²) in [5.74, 6) is -1.61. The number of carboxylic acid groups (broad SMARTS) is 1. The number of nitrogens with zero attached hydrogens (tertiary/aromatic N) is 3. The van der Waals surface area contributed by atoms with Crippen LogP contribution >= 0.6 is 0 Å². The molecule has 0 atom stereocenters. The van der Waals surface area contributed by atoms with Gasteiger partial charge in [0.05, 0.1) is 30.1 Å². The molecule has 0 aliphatic carbocycles. The Bertz CT molecular complexity index is 1870. The second-order valence-electron chi connectivity index (χ2n) is 11.0. The predicted molar refractivity (Wildman–Crippen MR) is 158 cm³/mol. The standard InChI is InChI=1S/C33H28F5N3O4/c1-5-45-29-12-10-20(14-28(29)41(31(43)44)32(2,3)4)19-7-6-8-21(13-19)27-16-25(33(36,37)38)24(17-39)30(42)40(27)18-22-9-11-23(34)15-26(22)35/h6-16H,5,18H2,1-4H3,(H,43,44). The van der Waals surface area contributed by atoms with E-state index in [0.29, 0.717) is 29.0 Å². The number of ether oxygens (including phenoxy) is 1. The lowest BCUT2D eigenvalue weighted by molar-refractivity contribution is -0.137. The average Bonchev–Trinajstić information content (AvgIpc) is 2.94. The van der Waals surface area contributed by atoms with Crippen LogP contribution in [-0.2, 0) is 12.7 Å². The van der Waals surface area contributed by atoms with Crippen molar-refractivity contribution in [3.05, 3.63) is 105 Å². The minimum Gasteiger partial charge on any atom is -0.492 e. The molecule has 234 valence electrons. The smallest absolute Gasteiger partial charge is 0.417 e. The largest absolute Gasteiger partial charge is 0.492 e. The van der Waals surface area contributed by atoms with E-state index in [1.165, 1.54) is 24.3 Å². The van der Waals surface area contributed by atoms with Crippen LogP contribution in [0.1, 0.15) is 44.4 Å². The first-order chi connectivity index (χ1) is 21.1. The number of alkyl halides is 3. The zero-order valence-corrected chi connectivity index (χ0v) is 24.7. The van der Waals surface area contributed by atoms with Gasteiger partial charge < -0.3 is 14.4 Å². The van der Waals surface area contributed by atoms with Crippen molar-refractivity contribution in [2.75, 3.05) is 11.5 Å². The first-order valence-electron chi connectivity index (χ1n) is 13.7. The van der Waals surface area contributed by atoms with Gasteiger partial charge in [0.25, 0.3) is 5.56 Å². The highest BCUT2D eigenvalue weighted by atomic mass is 19.4. The molecule has 1 amide bonds. The molecule has 45 heavy (non-hydrogen) atoms. The van der Waals surface area contributed by atoms with Gasteiger partial charge in [-0.05, 0) is 74.7 Å². The van der Waals surface area contributed by atoms with Gasteiger partial charge >= 0.3 is 12.3 Å². The molecule has 3 aromatic carbocycles. The number of pyridine rings is 1. The fourth-order valence-corrected chi connectivity index (χ4v) is 4.95. The van der Waals surface area contributed by atoms with E-state index in [9.17, 15) is 41.9 Å². The molecule has 12 heteroatoms. The Labute approximate surface area is 255 Å². The highest BCUT2D eigenvalue weighted by Crippen LogP contribution is 2.39. The third kappa shape index (κ3) is 6.82. The fraction of sp³-hybridized carbons (Fsp3) is 0.242. The molecule has 0 unspecified atom stereocenters. The minimum atomic E-state index is -5.06. The Morgan fingerprint density at radius 2 is 1.64 bits per heavy atom. The van der Waals surface area contributed by atoms with Crippen molar-refractivity contribution < 1.29 is 36.6 Å². The van der Waals surface area contributed by atoms with Gasteiger partial charge in [0.1, 0.15) is 29.0 Å². The monoisotopic (exact) mass is 625 g/mol. The van der Waals surface area contributed by atoms with Crippen LogP contribution < -0.4 is 15.2 Å². The molecule has 0 radical (unpaired) electrons. The Hall–Kier alpha value is -5.18. The Morgan fingerprint density at radius 1 is 0.978 bits per heavy atom. The predicted octanol–water partition coefficient (Wildman–Crippen LogP) is 8.08. The molecule has 0 spiro atoms. The second kappa shape index (κ2) is 12.4. The Morgan fingerprint density at radius 3 is 2.22 bits per heavy atom. The third-order valence-electron chi connectivity index (χ3n) is 6.91. The zero-order valence-electron chi connectivity index (χ0n) is 24.7. The summed E-state index contributed by atoms with van der Waals surface area (Å²) in [7, 11) is 0. The highest BCUT2D eigenvalue weighted by Gasteiger charge is 2.37. The molecular formula is C33H28F5N3O4. The molecule has 4 rings (SSSR count). The number of hydrogen-bond acceptors (Lipinski definition) is 4. The SMILES string of the molecule is CCOc1ccc(-c2cccc(-c3cc(C(F)(F)F)c(C#N)c(=O)n3Cc3ccc(F)cc3F)c2)cc1N(C(=O)O)C(C)(C)C. The molecule has 0 bridgehead atoms. The highest BCUT2D eigenvalue weighted by molar-refractivity contribution is 5.91. The molecular weight excluding hydrogens is 597 g/mol. The van der Waals surface area contributed by atoms with Crippen molar-refractivity contribution in [2.24, 2.45) is 0 Å². The van der Waals surface area contributed by atoms with Crippen LogP contribution in [0.2, 0.25) is 0 Å². The molecule has 1 N–H and O–H groups in total. The van der Waals surface area contributed by atoms with E-state index in [-0.39, 0.29) is 29.1 Å². The summed E-state index contributed by atoms with van der Waals surface area (Å²) in [5, 5.41) is 19.5. The lowest BCUT2D eigenvalue weighted by atomic mass is 9.97. The Balaban J connectivity index is 1.96. The van der Waals surface area contributed by atoms with Crippen molar-refractivity contribution in [2.45, 2.75) is 46.0 Å². The number of nitriles is 1. The summed E-state index contributed by atoms with van der Waals surface area (Å²) in [4.78, 5) is 26.8. The lowest BCUT2D eigenvalue weighted by Crippen LogP contribution is -2.45. The Kier molecular flexibility index (Phi) is 9.04. The molecule has 0 saturated carbocycles. The molecule has 7 nitrogen and oxygen atoms in total. The maximum atomic E-state index is 14.6. The molecule has 1 heterocycles. The van der Waals surface area contributed by atoms with Crippen molar-refractivity contribution in [3.8, 4) is 34.2 Å². The van der Waals surface area contributed by atoms with Gasteiger partial charge in [-0.3, -0.25) is 9.69 Å². The number of benzene rings is 3. The first kappa shape index (κ1) is 32.7. The number of carbonyl (C=O) groups is 1. The van der Waals surface area contributed by atoms with Crippen LogP contribution in [0.25, 0.3) is 22.4 Å². The maximum Gasteiger partial charge on any atom is 0.417 e. The molecule has 0 saturated heterocycles. The van der Waals surface area contributed by atoms with E-state index in [0.717, 1.165) is 21.6 Å². The quantitative estimate of drug-likeness (QED) is 0.210. The third-order valence-corrected chi connectivity index (χ3v) is 6.91. The topological polar surface area (TPSA) is 95.6 Å². The van der Waals surface area contributed by atoms with E-state index in [1.54, 1.807) is 52.0 Å². The minimum absolute atomic E-state index is 0.114. The summed E-state index contributed by atoms with van der Waals surface area (Å²) in [6, 6.07) is 15.5. The second-order valence-corrected chi connectivity index (χ2v) is 11.0.